The molecule has 1 saturated heterocycles. The number of carboxylic acid groups (broad SMARTS) is 1. The van der Waals surface area contributed by atoms with Gasteiger partial charge < -0.3 is 15.7 Å². The van der Waals surface area contributed by atoms with Crippen LogP contribution >= 0.6 is 15.9 Å². The molecule has 142 valence electrons. The Morgan fingerprint density at radius 3 is 2.48 bits per heavy atom. The molecule has 5 N–H and O–H groups in total. The molecule has 2 aromatic rings. The third-order valence-electron chi connectivity index (χ3n) is 4.41. The highest BCUT2D eigenvalue weighted by atomic mass is 79.9. The van der Waals surface area contributed by atoms with Crippen molar-refractivity contribution >= 4 is 45.1 Å². The summed E-state index contributed by atoms with van der Waals surface area (Å²) in [5, 5.41) is 9.10. The van der Waals surface area contributed by atoms with Gasteiger partial charge in [-0.1, -0.05) is 15.9 Å². The maximum atomic E-state index is 12.2. The molecule has 0 radical (unpaired) electrons. The number of nitrogens with one attached hydrogen (secondary N) is 2. The molecule has 0 saturated carbocycles. The minimum Gasteiger partial charge on any atom is -0.481 e. The van der Waals surface area contributed by atoms with Crippen LogP contribution in [0.25, 0.3) is 0 Å². The van der Waals surface area contributed by atoms with Gasteiger partial charge in [-0.3, -0.25) is 20.4 Å². The first-order valence-electron chi connectivity index (χ1n) is 8.36. The molecule has 1 aliphatic heterocycles. The highest BCUT2D eigenvalue weighted by molar-refractivity contribution is 9.10. The Labute approximate surface area is 164 Å². The number of benzene rings is 1. The van der Waals surface area contributed by atoms with Gasteiger partial charge >= 0.3 is 5.97 Å². The predicted octanol–water partition coefficient (Wildman–Crippen LogP) is 1.88. The number of halogens is 1. The minimum atomic E-state index is -0.775. The second-order valence-corrected chi connectivity index (χ2v) is 7.06. The smallest absolute Gasteiger partial charge is 0.306 e. The largest absolute Gasteiger partial charge is 0.481 e. The Balaban J connectivity index is 1.65. The summed E-state index contributed by atoms with van der Waals surface area (Å²) in [6.45, 7) is 1.09. The number of carboxylic acids is 1. The zero-order valence-electron chi connectivity index (χ0n) is 14.4. The summed E-state index contributed by atoms with van der Waals surface area (Å²) in [4.78, 5) is 33.5. The third-order valence-corrected chi connectivity index (χ3v) is 4.94. The molecular formula is C17H19BrN6O3. The van der Waals surface area contributed by atoms with Crippen molar-refractivity contribution in [2.24, 2.45) is 5.92 Å². The normalized spacial score (nSPS) is 14.6. The van der Waals surface area contributed by atoms with Gasteiger partial charge in [0.25, 0.3) is 5.91 Å². The van der Waals surface area contributed by atoms with Gasteiger partial charge in [-0.15, -0.1) is 0 Å². The Bertz CT molecular complexity index is 837. The molecule has 2 heterocycles. The summed E-state index contributed by atoms with van der Waals surface area (Å²) in [5.41, 5.74) is 12.2. The van der Waals surface area contributed by atoms with E-state index in [0.717, 1.165) is 4.47 Å². The van der Waals surface area contributed by atoms with Gasteiger partial charge in [-0.05, 0) is 37.1 Å². The molecule has 1 aromatic carbocycles. The number of aromatic nitrogens is 2. The van der Waals surface area contributed by atoms with Crippen LogP contribution in [0.4, 0.5) is 17.3 Å². The fourth-order valence-corrected chi connectivity index (χ4v) is 3.13. The van der Waals surface area contributed by atoms with Crippen molar-refractivity contribution in [3.8, 4) is 0 Å². The summed E-state index contributed by atoms with van der Waals surface area (Å²) < 4.78 is 0.878. The van der Waals surface area contributed by atoms with Crippen molar-refractivity contribution in [2.45, 2.75) is 12.8 Å². The van der Waals surface area contributed by atoms with Crippen LogP contribution in [0.1, 0.15) is 23.2 Å². The Morgan fingerprint density at radius 2 is 1.85 bits per heavy atom. The maximum Gasteiger partial charge on any atom is 0.306 e. The van der Waals surface area contributed by atoms with Gasteiger partial charge in [0.15, 0.2) is 11.6 Å². The fourth-order valence-electron chi connectivity index (χ4n) is 2.87. The zero-order chi connectivity index (χ0) is 19.4. The van der Waals surface area contributed by atoms with Gasteiger partial charge in [0.05, 0.1) is 5.92 Å². The molecule has 1 aliphatic rings. The molecule has 27 heavy (non-hydrogen) atoms. The quantitative estimate of drug-likeness (QED) is 0.524. The van der Waals surface area contributed by atoms with Crippen LogP contribution in [0.2, 0.25) is 0 Å². The van der Waals surface area contributed by atoms with E-state index in [1.807, 2.05) is 4.90 Å². The summed E-state index contributed by atoms with van der Waals surface area (Å²) in [5.74, 6) is -0.639. The average Bonchev–Trinajstić information content (AvgIpc) is 2.67. The van der Waals surface area contributed by atoms with Crippen molar-refractivity contribution in [2.75, 3.05) is 29.1 Å². The molecule has 0 aliphatic carbocycles. The first kappa shape index (κ1) is 18.9. The lowest BCUT2D eigenvalue weighted by Gasteiger charge is -2.31. The third kappa shape index (κ3) is 4.45. The van der Waals surface area contributed by atoms with Crippen molar-refractivity contribution in [1.29, 1.82) is 0 Å². The predicted molar refractivity (Wildman–Crippen MR) is 104 cm³/mol. The van der Waals surface area contributed by atoms with Crippen LogP contribution in [-0.2, 0) is 4.79 Å². The van der Waals surface area contributed by atoms with Crippen molar-refractivity contribution in [3.05, 3.63) is 40.6 Å². The monoisotopic (exact) mass is 434 g/mol. The zero-order valence-corrected chi connectivity index (χ0v) is 15.9. The van der Waals surface area contributed by atoms with Gasteiger partial charge in [0.2, 0.25) is 0 Å². The molecule has 0 unspecified atom stereocenters. The summed E-state index contributed by atoms with van der Waals surface area (Å²) in [6.07, 6.45) is 2.41. The molecule has 0 atom stereocenters. The number of hydrogen-bond donors (Lipinski definition) is 4. The van der Waals surface area contributed by atoms with Gasteiger partial charge in [0.1, 0.15) is 12.0 Å². The van der Waals surface area contributed by atoms with Crippen molar-refractivity contribution in [1.82, 2.24) is 15.4 Å². The molecule has 0 bridgehead atoms. The van der Waals surface area contributed by atoms with Crippen LogP contribution in [0.5, 0.6) is 0 Å². The molecule has 1 aromatic heterocycles. The summed E-state index contributed by atoms with van der Waals surface area (Å²) in [7, 11) is 0. The molecule has 1 amide bonds. The number of hydrazine groups is 1. The number of carbonyl (C=O) groups excluding carboxylic acids is 1. The number of nitrogens with zero attached hydrogens (tertiary/aromatic N) is 3. The number of carbonyl (C=O) groups is 2. The molecular weight excluding hydrogens is 416 g/mol. The first-order valence-corrected chi connectivity index (χ1v) is 9.15. The van der Waals surface area contributed by atoms with Crippen molar-refractivity contribution in [3.63, 3.8) is 0 Å². The second-order valence-electron chi connectivity index (χ2n) is 6.15. The second kappa shape index (κ2) is 8.21. The van der Waals surface area contributed by atoms with Gasteiger partial charge in [-0.2, -0.15) is 0 Å². The molecule has 10 heteroatoms. The van der Waals surface area contributed by atoms with E-state index in [1.54, 1.807) is 24.3 Å². The fraction of sp³-hybridized carbons (Fsp3) is 0.294. The van der Waals surface area contributed by atoms with E-state index in [-0.39, 0.29) is 17.6 Å². The van der Waals surface area contributed by atoms with E-state index in [0.29, 0.717) is 43.0 Å². The van der Waals surface area contributed by atoms with Crippen LogP contribution in [0.3, 0.4) is 0 Å². The Hall–Kier alpha value is -2.88. The van der Waals surface area contributed by atoms with E-state index < -0.39 is 5.97 Å². The lowest BCUT2D eigenvalue weighted by Crippen LogP contribution is -2.37. The lowest BCUT2D eigenvalue weighted by atomic mass is 9.97. The molecule has 9 nitrogen and oxygen atoms in total. The number of nitrogen functional groups attached to an aromatic ring is 1. The van der Waals surface area contributed by atoms with E-state index in [4.69, 9.17) is 10.8 Å². The number of rotatable bonds is 5. The maximum absolute atomic E-state index is 12.2. The van der Waals surface area contributed by atoms with E-state index in [9.17, 15) is 9.59 Å². The van der Waals surface area contributed by atoms with Crippen LogP contribution in [0.15, 0.2) is 35.1 Å². The van der Waals surface area contributed by atoms with Crippen LogP contribution in [-0.4, -0.2) is 40.0 Å². The summed E-state index contributed by atoms with van der Waals surface area (Å²) >= 11 is 3.32. The van der Waals surface area contributed by atoms with E-state index in [1.165, 1.54) is 6.33 Å². The SMILES string of the molecule is Nc1c(NNC(=O)c2ccc(Br)cc2)ncnc1N1CCC(C(=O)O)CC1. The number of aliphatic carboxylic acids is 1. The van der Waals surface area contributed by atoms with E-state index >= 15 is 0 Å². The lowest BCUT2D eigenvalue weighted by molar-refractivity contribution is -0.142. The Morgan fingerprint density at radius 1 is 1.19 bits per heavy atom. The van der Waals surface area contributed by atoms with E-state index in [2.05, 4.69) is 36.7 Å². The van der Waals surface area contributed by atoms with Crippen LogP contribution in [0, 0.1) is 5.92 Å². The molecule has 1 fully saturated rings. The topological polar surface area (TPSA) is 133 Å². The standard InChI is InChI=1S/C17H19BrN6O3/c18-12-3-1-10(2-4-12)16(25)23-22-14-13(19)15(21-9-20-14)24-7-5-11(6-8-24)17(26)27/h1-4,9,11H,5-8,19H2,(H,23,25)(H,26,27)(H,20,21,22). The molecule has 0 spiro atoms. The highest BCUT2D eigenvalue weighted by Gasteiger charge is 2.26. The first-order chi connectivity index (χ1) is 13.0. The number of amides is 1. The highest BCUT2D eigenvalue weighted by Crippen LogP contribution is 2.29. The number of hydrogen-bond acceptors (Lipinski definition) is 7. The Kier molecular flexibility index (Phi) is 5.75. The number of nitrogens with two attached hydrogens (primary N) is 1. The average molecular weight is 435 g/mol. The van der Waals surface area contributed by atoms with Crippen LogP contribution < -0.4 is 21.5 Å². The van der Waals surface area contributed by atoms with Gasteiger partial charge in [0, 0.05) is 23.1 Å². The molecule has 3 rings (SSSR count). The van der Waals surface area contributed by atoms with Crippen molar-refractivity contribution < 1.29 is 14.7 Å². The van der Waals surface area contributed by atoms with Gasteiger partial charge in [-0.25, -0.2) is 9.97 Å². The summed E-state index contributed by atoms with van der Waals surface area (Å²) in [6, 6.07) is 6.91. The minimum absolute atomic E-state index is 0.283. The number of anilines is 3. The number of piperidine rings is 1.